The van der Waals surface area contributed by atoms with E-state index in [9.17, 15) is 17.6 Å². The molecule has 0 saturated heterocycles. The smallest absolute Gasteiger partial charge is 0.320 e. The highest BCUT2D eigenvalue weighted by Crippen LogP contribution is 2.22. The van der Waals surface area contributed by atoms with Gasteiger partial charge in [-0.25, -0.2) is 4.39 Å². The Hall–Kier alpha value is -1.10. The fourth-order valence-electron chi connectivity index (χ4n) is 1.24. The van der Waals surface area contributed by atoms with Crippen molar-refractivity contribution in [3.8, 4) is 0 Å². The average Bonchev–Trinajstić information content (AvgIpc) is 2.08. The second-order valence-corrected chi connectivity index (χ2v) is 3.42. The first kappa shape index (κ1) is 12.0. The molecule has 1 nitrogen and oxygen atoms in total. The SMILES string of the molecule is Cc1cc(F)ccc1CC(N)C(F)(F)F. The highest BCUT2D eigenvalue weighted by Gasteiger charge is 2.36. The van der Waals surface area contributed by atoms with Crippen LogP contribution in [0, 0.1) is 12.7 Å². The molecule has 1 rings (SSSR count). The molecule has 0 radical (unpaired) electrons. The van der Waals surface area contributed by atoms with E-state index in [1.165, 1.54) is 12.1 Å². The number of aryl methyl sites for hydroxylation is 1. The van der Waals surface area contributed by atoms with Crippen LogP contribution in [0.25, 0.3) is 0 Å². The molecule has 15 heavy (non-hydrogen) atoms. The minimum Gasteiger partial charge on any atom is -0.320 e. The summed E-state index contributed by atoms with van der Waals surface area (Å²) in [5.41, 5.74) is 5.87. The summed E-state index contributed by atoms with van der Waals surface area (Å²) in [6, 6.07) is 1.75. The Labute approximate surface area is 84.9 Å². The maximum Gasteiger partial charge on any atom is 0.403 e. The number of nitrogens with two attached hydrogens (primary N) is 1. The first-order valence-electron chi connectivity index (χ1n) is 4.38. The van der Waals surface area contributed by atoms with Crippen molar-refractivity contribution in [2.24, 2.45) is 5.73 Å². The second kappa shape index (κ2) is 4.18. The van der Waals surface area contributed by atoms with Crippen LogP contribution in [0.4, 0.5) is 17.6 Å². The van der Waals surface area contributed by atoms with Crippen LogP contribution in [0.15, 0.2) is 18.2 Å². The van der Waals surface area contributed by atoms with Crippen LogP contribution in [0.3, 0.4) is 0 Å². The number of rotatable bonds is 2. The van der Waals surface area contributed by atoms with Gasteiger partial charge in [-0.1, -0.05) is 6.07 Å². The van der Waals surface area contributed by atoms with Gasteiger partial charge in [0.2, 0.25) is 0 Å². The zero-order valence-corrected chi connectivity index (χ0v) is 8.11. The van der Waals surface area contributed by atoms with Crippen molar-refractivity contribution in [2.45, 2.75) is 25.6 Å². The lowest BCUT2D eigenvalue weighted by molar-refractivity contribution is -0.147. The fourth-order valence-corrected chi connectivity index (χ4v) is 1.24. The summed E-state index contributed by atoms with van der Waals surface area (Å²) in [6.07, 6.45) is -4.74. The van der Waals surface area contributed by atoms with Gasteiger partial charge in [0.1, 0.15) is 11.9 Å². The quantitative estimate of drug-likeness (QED) is 0.763. The Morgan fingerprint density at radius 2 is 1.93 bits per heavy atom. The maximum atomic E-state index is 12.7. The Morgan fingerprint density at radius 3 is 2.40 bits per heavy atom. The number of hydrogen-bond donors (Lipinski definition) is 1. The molecular formula is C10H11F4N. The van der Waals surface area contributed by atoms with E-state index in [-0.39, 0.29) is 6.42 Å². The predicted molar refractivity (Wildman–Crippen MR) is 48.9 cm³/mol. The van der Waals surface area contributed by atoms with Crippen molar-refractivity contribution in [3.05, 3.63) is 35.1 Å². The zero-order valence-electron chi connectivity index (χ0n) is 8.11. The van der Waals surface area contributed by atoms with E-state index in [0.717, 1.165) is 6.07 Å². The summed E-state index contributed by atoms with van der Waals surface area (Å²) < 4.78 is 49.1. The molecule has 0 fully saturated rings. The van der Waals surface area contributed by atoms with Crippen molar-refractivity contribution in [2.75, 3.05) is 0 Å². The first-order chi connectivity index (χ1) is 6.80. The Kier molecular flexibility index (Phi) is 3.34. The van der Waals surface area contributed by atoms with Gasteiger partial charge in [-0.3, -0.25) is 0 Å². The van der Waals surface area contributed by atoms with Gasteiger partial charge < -0.3 is 5.73 Å². The average molecular weight is 221 g/mol. The summed E-state index contributed by atoms with van der Waals surface area (Å²) in [7, 11) is 0. The van der Waals surface area contributed by atoms with Gasteiger partial charge in [-0.2, -0.15) is 13.2 Å². The highest BCUT2D eigenvalue weighted by atomic mass is 19.4. The van der Waals surface area contributed by atoms with Crippen molar-refractivity contribution >= 4 is 0 Å². The van der Waals surface area contributed by atoms with Crippen LogP contribution in [0.1, 0.15) is 11.1 Å². The summed E-state index contributed by atoms with van der Waals surface area (Å²) in [4.78, 5) is 0. The minimum atomic E-state index is -4.42. The van der Waals surface area contributed by atoms with E-state index in [0.29, 0.717) is 11.1 Å². The van der Waals surface area contributed by atoms with E-state index in [1.807, 2.05) is 0 Å². The third kappa shape index (κ3) is 3.20. The van der Waals surface area contributed by atoms with Gasteiger partial charge >= 0.3 is 6.18 Å². The van der Waals surface area contributed by atoms with Crippen LogP contribution < -0.4 is 5.73 Å². The summed E-state index contributed by atoms with van der Waals surface area (Å²) in [6.45, 7) is 1.56. The molecule has 0 aliphatic rings. The Morgan fingerprint density at radius 1 is 1.33 bits per heavy atom. The molecule has 0 heterocycles. The molecule has 0 spiro atoms. The summed E-state index contributed by atoms with van der Waals surface area (Å²) >= 11 is 0. The standard InChI is InChI=1S/C10H11F4N/c1-6-4-8(11)3-2-7(6)5-9(15)10(12,13)14/h2-4,9H,5,15H2,1H3. The topological polar surface area (TPSA) is 26.0 Å². The van der Waals surface area contributed by atoms with E-state index < -0.39 is 18.0 Å². The number of hydrogen-bond acceptors (Lipinski definition) is 1. The monoisotopic (exact) mass is 221 g/mol. The van der Waals surface area contributed by atoms with Crippen molar-refractivity contribution in [1.82, 2.24) is 0 Å². The van der Waals surface area contributed by atoms with Gasteiger partial charge in [-0.05, 0) is 36.6 Å². The molecular weight excluding hydrogens is 210 g/mol. The molecule has 1 aromatic carbocycles. The third-order valence-corrected chi connectivity index (χ3v) is 2.16. The number of halogens is 4. The van der Waals surface area contributed by atoms with Crippen molar-refractivity contribution in [1.29, 1.82) is 0 Å². The van der Waals surface area contributed by atoms with Crippen molar-refractivity contribution < 1.29 is 17.6 Å². The van der Waals surface area contributed by atoms with Crippen LogP contribution in [-0.4, -0.2) is 12.2 Å². The summed E-state index contributed by atoms with van der Waals surface area (Å²) in [5, 5.41) is 0. The van der Waals surface area contributed by atoms with Gasteiger partial charge in [0.05, 0.1) is 0 Å². The number of benzene rings is 1. The molecule has 84 valence electrons. The normalized spacial score (nSPS) is 14.0. The number of alkyl halides is 3. The van der Waals surface area contributed by atoms with Gasteiger partial charge in [0.15, 0.2) is 0 Å². The highest BCUT2D eigenvalue weighted by molar-refractivity contribution is 5.27. The fraction of sp³-hybridized carbons (Fsp3) is 0.400. The Bertz CT molecular complexity index is 346. The van der Waals surface area contributed by atoms with Crippen LogP contribution in [0.2, 0.25) is 0 Å². The Balaban J connectivity index is 2.82. The predicted octanol–water partition coefficient (Wildman–Crippen LogP) is 2.57. The minimum absolute atomic E-state index is 0.324. The van der Waals surface area contributed by atoms with Gasteiger partial charge in [0.25, 0.3) is 0 Å². The lowest BCUT2D eigenvalue weighted by atomic mass is 10.0. The maximum absolute atomic E-state index is 12.7. The van der Waals surface area contributed by atoms with E-state index in [1.54, 1.807) is 6.92 Å². The second-order valence-electron chi connectivity index (χ2n) is 3.42. The molecule has 1 unspecified atom stereocenters. The van der Waals surface area contributed by atoms with Crippen LogP contribution in [-0.2, 0) is 6.42 Å². The van der Waals surface area contributed by atoms with E-state index in [2.05, 4.69) is 0 Å². The van der Waals surface area contributed by atoms with Gasteiger partial charge in [0, 0.05) is 0 Å². The van der Waals surface area contributed by atoms with E-state index >= 15 is 0 Å². The molecule has 0 aliphatic carbocycles. The molecule has 0 amide bonds. The van der Waals surface area contributed by atoms with E-state index in [4.69, 9.17) is 5.73 Å². The zero-order chi connectivity index (χ0) is 11.6. The largest absolute Gasteiger partial charge is 0.403 e. The summed E-state index contributed by atoms with van der Waals surface area (Å²) in [5.74, 6) is -0.461. The molecule has 1 atom stereocenters. The lowest BCUT2D eigenvalue weighted by Gasteiger charge is -2.16. The molecule has 0 bridgehead atoms. The molecule has 0 saturated carbocycles. The van der Waals surface area contributed by atoms with Crippen molar-refractivity contribution in [3.63, 3.8) is 0 Å². The van der Waals surface area contributed by atoms with Crippen LogP contribution >= 0.6 is 0 Å². The molecule has 2 N–H and O–H groups in total. The third-order valence-electron chi connectivity index (χ3n) is 2.16. The molecule has 0 aliphatic heterocycles. The first-order valence-corrected chi connectivity index (χ1v) is 4.38. The van der Waals surface area contributed by atoms with Crippen LogP contribution in [0.5, 0.6) is 0 Å². The van der Waals surface area contributed by atoms with Gasteiger partial charge in [-0.15, -0.1) is 0 Å². The molecule has 0 aromatic heterocycles. The molecule has 5 heteroatoms. The lowest BCUT2D eigenvalue weighted by Crippen LogP contribution is -2.39. The molecule has 1 aromatic rings.